The van der Waals surface area contributed by atoms with Crippen LogP contribution in [-0.4, -0.2) is 66.4 Å². The number of benzene rings is 1. The molecule has 1 aliphatic rings. The Morgan fingerprint density at radius 3 is 2.50 bits per heavy atom. The van der Waals surface area contributed by atoms with Gasteiger partial charge in [0, 0.05) is 38.0 Å². The second-order valence-corrected chi connectivity index (χ2v) is 9.70. The fraction of sp³-hybridized carbons (Fsp3) is 0.550. The number of carbonyl (C=O) groups is 1. The number of ether oxygens (including phenoxy) is 1. The van der Waals surface area contributed by atoms with E-state index in [2.05, 4.69) is 15.5 Å². The lowest BCUT2D eigenvalue weighted by molar-refractivity contribution is -0.121. The molecule has 0 bridgehead atoms. The summed E-state index contributed by atoms with van der Waals surface area (Å²) in [4.78, 5) is 12.1. The number of carbonyl (C=O) groups excluding carboxylic acids is 1. The van der Waals surface area contributed by atoms with Crippen LogP contribution in [0.25, 0.3) is 11.5 Å². The molecule has 1 aliphatic heterocycles. The minimum absolute atomic E-state index is 0.0553. The molecule has 1 aromatic heterocycles. The number of morpholine rings is 1. The number of aromatic nitrogens is 2. The number of rotatable bonds is 8. The van der Waals surface area contributed by atoms with E-state index in [0.29, 0.717) is 24.9 Å². The Bertz CT molecular complexity index is 948. The molecule has 0 aliphatic carbocycles. The van der Waals surface area contributed by atoms with Gasteiger partial charge in [-0.1, -0.05) is 17.7 Å². The standard InChI is InChI=1S/C20H28N4O5S/c1-14-4-6-17(7-5-14)20-23-22-19(29-20)9-8-18(25)21-10-11-30(26,27)24-12-15(2)28-16(3)13-24/h4-7,15-16H,8-13H2,1-3H3,(H,21,25). The van der Waals surface area contributed by atoms with Gasteiger partial charge < -0.3 is 14.5 Å². The van der Waals surface area contributed by atoms with Gasteiger partial charge in [0.2, 0.25) is 27.7 Å². The van der Waals surface area contributed by atoms with Gasteiger partial charge in [0.05, 0.1) is 18.0 Å². The molecule has 1 N–H and O–H groups in total. The highest BCUT2D eigenvalue weighted by atomic mass is 32.2. The third-order valence-corrected chi connectivity index (χ3v) is 6.60. The van der Waals surface area contributed by atoms with E-state index in [1.54, 1.807) is 0 Å². The number of nitrogens with one attached hydrogen (secondary N) is 1. The van der Waals surface area contributed by atoms with Gasteiger partial charge >= 0.3 is 0 Å². The predicted octanol–water partition coefficient (Wildman–Crippen LogP) is 1.53. The molecule has 2 heterocycles. The van der Waals surface area contributed by atoms with Crippen molar-refractivity contribution in [3.8, 4) is 11.5 Å². The van der Waals surface area contributed by atoms with Crippen molar-refractivity contribution in [3.05, 3.63) is 35.7 Å². The molecule has 164 valence electrons. The molecule has 1 aromatic carbocycles. The SMILES string of the molecule is Cc1ccc(-c2nnc(CCC(=O)NCCS(=O)(=O)N3CC(C)OC(C)C3)o2)cc1. The normalized spacial score (nSPS) is 20.2. The number of amides is 1. The van der Waals surface area contributed by atoms with Crippen LogP contribution in [0.5, 0.6) is 0 Å². The first-order valence-corrected chi connectivity index (χ1v) is 11.6. The van der Waals surface area contributed by atoms with Crippen LogP contribution in [0, 0.1) is 6.92 Å². The maximum atomic E-state index is 12.5. The molecular weight excluding hydrogens is 408 g/mol. The Morgan fingerprint density at radius 2 is 1.83 bits per heavy atom. The Balaban J connectivity index is 1.42. The van der Waals surface area contributed by atoms with Crippen molar-refractivity contribution < 1.29 is 22.4 Å². The van der Waals surface area contributed by atoms with Crippen molar-refractivity contribution >= 4 is 15.9 Å². The van der Waals surface area contributed by atoms with Crippen molar-refractivity contribution in [1.29, 1.82) is 0 Å². The largest absolute Gasteiger partial charge is 0.421 e. The quantitative estimate of drug-likeness (QED) is 0.667. The first-order valence-electron chi connectivity index (χ1n) is 10.0. The van der Waals surface area contributed by atoms with Crippen molar-refractivity contribution in [2.45, 2.75) is 45.8 Å². The summed E-state index contributed by atoms with van der Waals surface area (Å²) in [7, 11) is -3.44. The van der Waals surface area contributed by atoms with E-state index in [0.717, 1.165) is 11.1 Å². The summed E-state index contributed by atoms with van der Waals surface area (Å²) in [5.74, 6) is 0.371. The molecule has 1 amide bonds. The van der Waals surface area contributed by atoms with E-state index < -0.39 is 10.0 Å². The summed E-state index contributed by atoms with van der Waals surface area (Å²) >= 11 is 0. The molecule has 2 atom stereocenters. The molecular formula is C20H28N4O5S. The summed E-state index contributed by atoms with van der Waals surface area (Å²) in [5.41, 5.74) is 1.95. The topological polar surface area (TPSA) is 115 Å². The zero-order chi connectivity index (χ0) is 21.7. The van der Waals surface area contributed by atoms with Gasteiger partial charge in [-0.05, 0) is 32.9 Å². The molecule has 0 radical (unpaired) electrons. The van der Waals surface area contributed by atoms with Gasteiger partial charge in [0.1, 0.15) is 0 Å². The third-order valence-electron chi connectivity index (χ3n) is 4.79. The zero-order valence-electron chi connectivity index (χ0n) is 17.5. The molecule has 2 aromatic rings. The Hall–Kier alpha value is -2.30. The number of hydrogen-bond acceptors (Lipinski definition) is 7. The average molecular weight is 437 g/mol. The second kappa shape index (κ2) is 9.67. The molecule has 1 saturated heterocycles. The van der Waals surface area contributed by atoms with Crippen molar-refractivity contribution in [2.24, 2.45) is 0 Å². The van der Waals surface area contributed by atoms with E-state index in [9.17, 15) is 13.2 Å². The van der Waals surface area contributed by atoms with E-state index in [1.165, 1.54) is 4.31 Å². The lowest BCUT2D eigenvalue weighted by Gasteiger charge is -2.34. The van der Waals surface area contributed by atoms with Gasteiger partial charge in [-0.15, -0.1) is 10.2 Å². The Labute approximate surface area is 176 Å². The summed E-state index contributed by atoms with van der Waals surface area (Å²) in [5, 5.41) is 10.6. The molecule has 9 nitrogen and oxygen atoms in total. The van der Waals surface area contributed by atoms with Gasteiger partial charge in [-0.2, -0.15) is 4.31 Å². The maximum Gasteiger partial charge on any atom is 0.247 e. The van der Waals surface area contributed by atoms with Gasteiger partial charge in [-0.25, -0.2) is 8.42 Å². The highest BCUT2D eigenvalue weighted by Gasteiger charge is 2.30. The molecule has 10 heteroatoms. The minimum Gasteiger partial charge on any atom is -0.421 e. The summed E-state index contributed by atoms with van der Waals surface area (Å²) < 4.78 is 37.6. The minimum atomic E-state index is -3.44. The molecule has 2 unspecified atom stereocenters. The van der Waals surface area contributed by atoms with Crippen molar-refractivity contribution in [2.75, 3.05) is 25.4 Å². The molecule has 1 fully saturated rings. The van der Waals surface area contributed by atoms with E-state index in [-0.39, 0.29) is 43.3 Å². The maximum absolute atomic E-state index is 12.5. The number of nitrogens with zero attached hydrogens (tertiary/aromatic N) is 3. The second-order valence-electron chi connectivity index (χ2n) is 7.61. The van der Waals surface area contributed by atoms with Crippen LogP contribution in [0.1, 0.15) is 31.7 Å². The predicted molar refractivity (Wildman–Crippen MR) is 111 cm³/mol. The first kappa shape index (κ1) is 22.4. The van der Waals surface area contributed by atoms with Crippen molar-refractivity contribution in [1.82, 2.24) is 19.8 Å². The van der Waals surface area contributed by atoms with Gasteiger partial charge in [0.15, 0.2) is 0 Å². The fourth-order valence-electron chi connectivity index (χ4n) is 3.28. The monoisotopic (exact) mass is 436 g/mol. The highest BCUT2D eigenvalue weighted by molar-refractivity contribution is 7.89. The molecule has 0 spiro atoms. The zero-order valence-corrected chi connectivity index (χ0v) is 18.3. The molecule has 3 rings (SSSR count). The number of aryl methyl sites for hydroxylation is 2. The summed E-state index contributed by atoms with van der Waals surface area (Å²) in [6.45, 7) is 6.42. The fourth-order valence-corrected chi connectivity index (χ4v) is 4.77. The van der Waals surface area contributed by atoms with Gasteiger partial charge in [0.25, 0.3) is 0 Å². The smallest absolute Gasteiger partial charge is 0.247 e. The lowest BCUT2D eigenvalue weighted by atomic mass is 10.1. The Kier molecular flexibility index (Phi) is 7.22. The molecule has 30 heavy (non-hydrogen) atoms. The summed E-state index contributed by atoms with van der Waals surface area (Å²) in [6, 6.07) is 7.71. The third kappa shape index (κ3) is 6.10. The summed E-state index contributed by atoms with van der Waals surface area (Å²) in [6.07, 6.45) is 0.145. The van der Waals surface area contributed by atoms with Crippen LogP contribution in [0.4, 0.5) is 0 Å². The number of hydrogen-bond donors (Lipinski definition) is 1. The lowest BCUT2D eigenvalue weighted by Crippen LogP contribution is -2.49. The van der Waals surface area contributed by atoms with Crippen LogP contribution in [-0.2, 0) is 26.0 Å². The number of sulfonamides is 1. The van der Waals surface area contributed by atoms with Crippen LogP contribution in [0.15, 0.2) is 28.7 Å². The van der Waals surface area contributed by atoms with Crippen molar-refractivity contribution in [3.63, 3.8) is 0 Å². The molecule has 0 saturated carbocycles. The Morgan fingerprint density at radius 1 is 1.17 bits per heavy atom. The van der Waals surface area contributed by atoms with E-state index in [1.807, 2.05) is 45.0 Å². The van der Waals surface area contributed by atoms with E-state index >= 15 is 0 Å². The van der Waals surface area contributed by atoms with Crippen LogP contribution >= 0.6 is 0 Å². The van der Waals surface area contributed by atoms with Crippen LogP contribution < -0.4 is 5.32 Å². The highest BCUT2D eigenvalue weighted by Crippen LogP contribution is 2.19. The van der Waals surface area contributed by atoms with Crippen LogP contribution in [0.3, 0.4) is 0 Å². The van der Waals surface area contributed by atoms with Crippen LogP contribution in [0.2, 0.25) is 0 Å². The first-order chi connectivity index (χ1) is 14.2. The average Bonchev–Trinajstić information content (AvgIpc) is 3.15. The van der Waals surface area contributed by atoms with E-state index in [4.69, 9.17) is 9.15 Å². The van der Waals surface area contributed by atoms with Gasteiger partial charge in [-0.3, -0.25) is 4.79 Å².